The van der Waals surface area contributed by atoms with Crippen LogP contribution >= 0.6 is 0 Å². The van der Waals surface area contributed by atoms with Gasteiger partial charge in [-0.3, -0.25) is 34.3 Å². The first-order valence-electron chi connectivity index (χ1n) is 27.0. The highest BCUT2D eigenvalue weighted by Gasteiger charge is 2.76. The van der Waals surface area contributed by atoms with Crippen LogP contribution in [0.5, 0.6) is 17.2 Å². The molecule has 0 bridgehead atoms. The van der Waals surface area contributed by atoms with E-state index in [0.717, 1.165) is 47.3 Å². The van der Waals surface area contributed by atoms with Crippen LogP contribution in [0, 0.1) is 27.9 Å². The van der Waals surface area contributed by atoms with Crippen molar-refractivity contribution < 1.29 is 52.9 Å². The summed E-state index contributed by atoms with van der Waals surface area (Å²) in [4.78, 5) is 82.5. The zero-order chi connectivity index (χ0) is 54.9. The number of hydrogen-bond acceptors (Lipinski definition) is 14. The Kier molecular flexibility index (Phi) is 14.4. The number of imide groups is 1. The number of aliphatic hydroxyl groups is 1. The van der Waals surface area contributed by atoms with Crippen molar-refractivity contribution >= 4 is 35.3 Å². The average Bonchev–Trinajstić information content (AvgIpc) is 3.88. The first kappa shape index (κ1) is 51.9. The number of esters is 1. The summed E-state index contributed by atoms with van der Waals surface area (Å²) in [6.07, 6.45) is 3.86. The number of ether oxygens (including phenoxy) is 5. The molecule has 80 heavy (non-hydrogen) atoms. The average molecular weight is 1080 g/mol. The Balaban J connectivity index is 1.06. The number of nitrogens with zero attached hydrogens (tertiary/aromatic N) is 5. The second-order valence-electron chi connectivity index (χ2n) is 20.7. The van der Waals surface area contributed by atoms with E-state index in [1.165, 1.54) is 24.3 Å². The third-order valence-electron chi connectivity index (χ3n) is 16.2. The van der Waals surface area contributed by atoms with Gasteiger partial charge in [0.1, 0.15) is 36.5 Å². The van der Waals surface area contributed by atoms with Crippen molar-refractivity contribution in [3.63, 3.8) is 0 Å². The Hall–Kier alpha value is -8.82. The fourth-order valence-electron chi connectivity index (χ4n) is 12.6. The molecule has 1 N–H and O–H groups in total. The van der Waals surface area contributed by atoms with Crippen LogP contribution in [-0.4, -0.2) is 101 Å². The minimum absolute atomic E-state index is 0.125. The smallest absolute Gasteiger partial charge is 0.421 e. The minimum Gasteiger partial charge on any atom is -0.491 e. The molecule has 3 amide bonds. The standard InChI is InChI=1S/C63H57N5O12/c69-34-35-76-51-19-11-10-18-48(51)58-63(49-36-42(21-20-41-12-4-1-5-13-41)24-28-50(49)66(61(63)72)62(73)77-39-43-22-26-47(27-23-43)68(74)75)54(59(70)65-32-30-64(31-33-65)38-44-25-29-52-53(37-44)79-40-78-52)56-60(71)80-57(46-16-8-3-9-17-46)55(67(56)58)45-14-6-2-7-15-45/h2-3,6-12,14-19,22-29,36-37,54-58,69H,1,4-5,13,30-35,38-40H2/t54-,55-,56-,57+,58+,63-/m1/s1. The highest BCUT2D eigenvalue weighted by Crippen LogP contribution is 2.67. The molecule has 3 fully saturated rings. The molecule has 6 aromatic rings. The zero-order valence-corrected chi connectivity index (χ0v) is 43.7. The molecule has 0 aromatic heterocycles. The van der Waals surface area contributed by atoms with Gasteiger partial charge in [0.2, 0.25) is 18.6 Å². The quantitative estimate of drug-likeness (QED) is 0.0529. The number of anilines is 1. The van der Waals surface area contributed by atoms with E-state index >= 15 is 19.2 Å². The zero-order valence-electron chi connectivity index (χ0n) is 43.7. The van der Waals surface area contributed by atoms with Gasteiger partial charge in [-0.05, 0) is 108 Å². The Bertz CT molecular complexity index is 3460. The van der Waals surface area contributed by atoms with Gasteiger partial charge in [0.15, 0.2) is 11.5 Å². The number of cyclic esters (lactones) is 1. The lowest BCUT2D eigenvalue weighted by Gasteiger charge is -2.46. The van der Waals surface area contributed by atoms with Crippen LogP contribution in [0.1, 0.15) is 82.8 Å². The van der Waals surface area contributed by atoms with Gasteiger partial charge >= 0.3 is 12.1 Å². The van der Waals surface area contributed by atoms with Gasteiger partial charge in [-0.15, -0.1) is 0 Å². The van der Waals surface area contributed by atoms with Crippen molar-refractivity contribution in [3.05, 3.63) is 206 Å². The lowest BCUT2D eigenvalue weighted by Crippen LogP contribution is -2.59. The second-order valence-corrected chi connectivity index (χ2v) is 20.7. The molecule has 1 spiro atoms. The van der Waals surface area contributed by atoms with E-state index in [-0.39, 0.29) is 62.4 Å². The number of piperazine rings is 1. The number of morpholine rings is 1. The van der Waals surface area contributed by atoms with Crippen LogP contribution in [0.3, 0.4) is 0 Å². The SMILES string of the molecule is O=C1O[C@@H](c2ccccc2)[C@@H](c2ccccc2)N2[C@@H](c3ccccc3OCCO)[C@]3(C(=O)N(C(=O)OCc4ccc([N+](=O)[O-])cc4)c4ccc(C#CC5=CCCCC5)cc43)[C@@H](C(=O)N3CCN(Cc4ccc5c(c4)OCO5)CC3)[C@H]12. The Morgan fingerprint density at radius 2 is 1.50 bits per heavy atom. The number of hydrogen-bond donors (Lipinski definition) is 1. The van der Waals surface area contributed by atoms with Crippen LogP contribution in [0.15, 0.2) is 157 Å². The van der Waals surface area contributed by atoms with Gasteiger partial charge in [-0.1, -0.05) is 103 Å². The molecule has 17 heteroatoms. The van der Waals surface area contributed by atoms with Crippen LogP contribution in [0.4, 0.5) is 16.2 Å². The van der Waals surface area contributed by atoms with Crippen LogP contribution in [-0.2, 0) is 42.4 Å². The minimum atomic E-state index is -2.13. The third-order valence-corrected chi connectivity index (χ3v) is 16.2. The van der Waals surface area contributed by atoms with Gasteiger partial charge in [0.25, 0.3) is 5.69 Å². The second kappa shape index (κ2) is 22.1. The topological polar surface area (TPSA) is 191 Å². The largest absolute Gasteiger partial charge is 0.491 e. The fraction of sp³-hybridized carbons (Fsp3) is 0.302. The van der Waals surface area contributed by atoms with Crippen molar-refractivity contribution in [2.75, 3.05) is 51.1 Å². The molecule has 0 unspecified atom stereocenters. The van der Waals surface area contributed by atoms with E-state index in [9.17, 15) is 15.2 Å². The van der Waals surface area contributed by atoms with Crippen molar-refractivity contribution in [1.29, 1.82) is 0 Å². The number of fused-ring (bicyclic) bond motifs is 4. The maximum absolute atomic E-state index is 17.0. The molecule has 5 heterocycles. The molecular formula is C63H57N5O12. The maximum atomic E-state index is 17.0. The number of carbonyl (C=O) groups excluding carboxylic acids is 4. The molecule has 17 nitrogen and oxygen atoms in total. The molecule has 6 aliphatic rings. The summed E-state index contributed by atoms with van der Waals surface area (Å²) in [7, 11) is 0. The molecule has 6 aromatic carbocycles. The van der Waals surface area contributed by atoms with Crippen molar-refractivity contribution in [2.45, 2.75) is 68.5 Å². The molecule has 406 valence electrons. The summed E-state index contributed by atoms with van der Waals surface area (Å²) >= 11 is 0. The van der Waals surface area contributed by atoms with Crippen molar-refractivity contribution in [2.24, 2.45) is 5.92 Å². The molecule has 6 atom stereocenters. The summed E-state index contributed by atoms with van der Waals surface area (Å²) in [5.74, 6) is 4.73. The number of nitro groups is 1. The van der Waals surface area contributed by atoms with E-state index in [1.807, 2.05) is 83.8 Å². The van der Waals surface area contributed by atoms with E-state index in [1.54, 1.807) is 47.4 Å². The fourth-order valence-corrected chi connectivity index (χ4v) is 12.6. The summed E-state index contributed by atoms with van der Waals surface area (Å²) in [6, 6.07) is 38.9. The highest BCUT2D eigenvalue weighted by molar-refractivity contribution is 6.23. The van der Waals surface area contributed by atoms with E-state index in [4.69, 9.17) is 23.7 Å². The highest BCUT2D eigenvalue weighted by atomic mass is 16.7. The molecular weight excluding hydrogens is 1020 g/mol. The number of rotatable bonds is 12. The van der Waals surface area contributed by atoms with Gasteiger partial charge < -0.3 is 33.7 Å². The number of amides is 3. The third kappa shape index (κ3) is 9.48. The first-order chi connectivity index (χ1) is 39.1. The van der Waals surface area contributed by atoms with Crippen LogP contribution in [0.2, 0.25) is 0 Å². The van der Waals surface area contributed by atoms with Crippen LogP contribution < -0.4 is 19.1 Å². The molecule has 12 rings (SSSR count). The van der Waals surface area contributed by atoms with Gasteiger partial charge in [0, 0.05) is 56.0 Å². The van der Waals surface area contributed by atoms with Crippen LogP contribution in [0.25, 0.3) is 0 Å². The van der Waals surface area contributed by atoms with E-state index in [0.29, 0.717) is 53.4 Å². The summed E-state index contributed by atoms with van der Waals surface area (Å²) in [6.45, 7) is 1.23. The van der Waals surface area contributed by atoms with Crippen molar-refractivity contribution in [3.8, 4) is 29.1 Å². The number of non-ortho nitro benzene ring substituents is 1. The number of allylic oxidation sites excluding steroid dienone is 2. The Morgan fingerprint density at radius 1 is 0.775 bits per heavy atom. The lowest BCUT2D eigenvalue weighted by molar-refractivity contribution is -0.384. The van der Waals surface area contributed by atoms with Crippen molar-refractivity contribution in [1.82, 2.24) is 14.7 Å². The summed E-state index contributed by atoms with van der Waals surface area (Å²) in [5.41, 5.74) is 2.83. The first-order valence-corrected chi connectivity index (χ1v) is 27.0. The maximum Gasteiger partial charge on any atom is 0.421 e. The number of nitro benzene ring substituents is 1. The monoisotopic (exact) mass is 1080 g/mol. The van der Waals surface area contributed by atoms with Gasteiger partial charge in [-0.2, -0.15) is 0 Å². The summed E-state index contributed by atoms with van der Waals surface area (Å²) < 4.78 is 30.4. The molecule has 3 saturated heterocycles. The number of para-hydroxylation sites is 1. The molecule has 0 saturated carbocycles. The Labute approximate surface area is 462 Å². The normalized spacial score (nSPS) is 23.1. The van der Waals surface area contributed by atoms with Gasteiger partial charge in [-0.25, -0.2) is 9.69 Å². The predicted octanol–water partition coefficient (Wildman–Crippen LogP) is 8.89. The lowest BCUT2D eigenvalue weighted by atomic mass is 9.64. The molecule has 5 aliphatic heterocycles. The Morgan fingerprint density at radius 3 is 2.24 bits per heavy atom. The van der Waals surface area contributed by atoms with Gasteiger partial charge in [0.05, 0.1) is 35.2 Å². The number of aliphatic hydroxyl groups excluding tert-OH is 1. The van der Waals surface area contributed by atoms with E-state index in [2.05, 4.69) is 22.8 Å². The number of carbonyl (C=O) groups is 4. The van der Waals surface area contributed by atoms with E-state index < -0.39 is 64.4 Å². The summed E-state index contributed by atoms with van der Waals surface area (Å²) in [5, 5.41) is 21.8. The molecule has 0 radical (unpaired) electrons. The molecule has 1 aliphatic carbocycles. The predicted molar refractivity (Wildman–Crippen MR) is 292 cm³/mol. The number of benzene rings is 6.